The Hall–Kier alpha value is -1.60. The van der Waals surface area contributed by atoms with Crippen LogP contribution in [0.15, 0.2) is 48.5 Å². The molecule has 0 heterocycles. The van der Waals surface area contributed by atoms with Gasteiger partial charge in [-0.3, -0.25) is 0 Å². The van der Waals surface area contributed by atoms with Gasteiger partial charge in [0.25, 0.3) is 0 Å². The molecule has 0 radical (unpaired) electrons. The van der Waals surface area contributed by atoms with Crippen LogP contribution in [0.4, 0.5) is 0 Å². The Kier molecular flexibility index (Phi) is 15.5. The van der Waals surface area contributed by atoms with E-state index in [0.29, 0.717) is 11.8 Å². The molecule has 0 spiro atoms. The second-order valence-electron chi connectivity index (χ2n) is 18.7. The van der Waals surface area contributed by atoms with Gasteiger partial charge in [0.15, 0.2) is 0 Å². The topological polar surface area (TPSA) is 9.23 Å². The van der Waals surface area contributed by atoms with Crippen molar-refractivity contribution in [1.82, 2.24) is 0 Å². The summed E-state index contributed by atoms with van der Waals surface area (Å²) in [7, 11) is 0. The molecule has 2 atom stereocenters. The fourth-order valence-corrected chi connectivity index (χ4v) is 11.7. The van der Waals surface area contributed by atoms with Gasteiger partial charge in [-0.1, -0.05) is 151 Å². The third-order valence-corrected chi connectivity index (χ3v) is 15.1. The van der Waals surface area contributed by atoms with Crippen LogP contribution in [0, 0.1) is 61.2 Å². The Bertz CT molecular complexity index is 1120. The number of hydrogen-bond acceptors (Lipinski definition) is 1. The van der Waals surface area contributed by atoms with E-state index >= 15 is 0 Å². The van der Waals surface area contributed by atoms with Gasteiger partial charge >= 0.3 is 0 Å². The lowest BCUT2D eigenvalue weighted by atomic mass is 9.67. The predicted octanol–water partition coefficient (Wildman–Crippen LogP) is 15.5. The molecular weight excluding hydrogens is 617 g/mol. The molecule has 0 saturated heterocycles. The molecule has 2 aromatic carbocycles. The monoisotopic (exact) mass is 695 g/mol. The van der Waals surface area contributed by atoms with E-state index in [9.17, 15) is 0 Å². The van der Waals surface area contributed by atoms with Gasteiger partial charge < -0.3 is 4.74 Å². The first-order valence-corrected chi connectivity index (χ1v) is 22.8. The maximum atomic E-state index is 7.66. The van der Waals surface area contributed by atoms with Crippen LogP contribution in [0.3, 0.4) is 0 Å². The molecule has 6 rings (SSSR count). The number of aryl methyl sites for hydroxylation is 2. The lowest BCUT2D eigenvalue weighted by molar-refractivity contribution is -0.0934. The minimum Gasteiger partial charge on any atom is -0.365 e. The second kappa shape index (κ2) is 20.2. The summed E-state index contributed by atoms with van der Waals surface area (Å²) in [5.41, 5.74) is 5.57. The van der Waals surface area contributed by atoms with Crippen molar-refractivity contribution in [3.63, 3.8) is 0 Å². The Labute approximate surface area is 315 Å². The first kappa shape index (κ1) is 39.1. The van der Waals surface area contributed by atoms with Crippen molar-refractivity contribution in [2.24, 2.45) is 47.3 Å². The number of ether oxygens (including phenoxy) is 1. The minimum absolute atomic E-state index is 0.202. The van der Waals surface area contributed by atoms with Gasteiger partial charge in [-0.25, -0.2) is 0 Å². The fraction of sp³-hybridized carbons (Fsp3) is 0.760. The summed E-state index contributed by atoms with van der Waals surface area (Å²) in [6, 6.07) is 19.0. The summed E-state index contributed by atoms with van der Waals surface area (Å²) in [6.07, 6.45) is 35.0. The molecule has 51 heavy (non-hydrogen) atoms. The Balaban J connectivity index is 1.09. The molecule has 4 saturated carbocycles. The number of hydrogen-bond donors (Lipinski definition) is 0. The van der Waals surface area contributed by atoms with Gasteiger partial charge in [-0.05, 0) is 149 Å². The molecule has 284 valence electrons. The smallest absolute Gasteiger partial charge is 0.0861 e. The van der Waals surface area contributed by atoms with Crippen LogP contribution < -0.4 is 0 Å². The summed E-state index contributed by atoms with van der Waals surface area (Å²) in [5.74, 6) is 7.17. The van der Waals surface area contributed by atoms with E-state index in [-0.39, 0.29) is 12.2 Å². The van der Waals surface area contributed by atoms with Crippen molar-refractivity contribution in [2.45, 2.75) is 194 Å². The molecule has 0 amide bonds. The van der Waals surface area contributed by atoms with E-state index in [4.69, 9.17) is 4.74 Å². The minimum atomic E-state index is 0.202. The van der Waals surface area contributed by atoms with Crippen molar-refractivity contribution in [2.75, 3.05) is 0 Å². The number of rotatable bonds is 16. The zero-order valence-corrected chi connectivity index (χ0v) is 33.8. The normalized spacial score (nSPS) is 31.6. The van der Waals surface area contributed by atoms with Crippen LogP contribution in [0.1, 0.15) is 202 Å². The third kappa shape index (κ3) is 11.2. The summed E-state index contributed by atoms with van der Waals surface area (Å²) >= 11 is 0. The van der Waals surface area contributed by atoms with Crippen molar-refractivity contribution in [3.05, 3.63) is 70.8 Å². The van der Waals surface area contributed by atoms with Crippen LogP contribution in [0.25, 0.3) is 0 Å². The van der Waals surface area contributed by atoms with Gasteiger partial charge in [0.1, 0.15) is 0 Å². The van der Waals surface area contributed by atoms with E-state index in [2.05, 4.69) is 76.2 Å². The third-order valence-electron chi connectivity index (χ3n) is 15.1. The number of unbranched alkanes of at least 4 members (excludes halogenated alkanes) is 4. The molecule has 0 N–H and O–H groups in total. The molecule has 4 fully saturated rings. The molecule has 0 bridgehead atoms. The van der Waals surface area contributed by atoms with Gasteiger partial charge in [0.2, 0.25) is 0 Å². The average Bonchev–Trinajstić information content (AvgIpc) is 3.17. The van der Waals surface area contributed by atoms with Gasteiger partial charge in [-0.2, -0.15) is 0 Å². The molecule has 2 unspecified atom stereocenters. The lowest BCUT2D eigenvalue weighted by Crippen LogP contribution is -2.31. The average molecular weight is 695 g/mol. The molecule has 1 nitrogen and oxygen atoms in total. The molecular formula is C50H78O. The molecule has 2 aromatic rings. The Morgan fingerprint density at radius 3 is 1.06 bits per heavy atom. The highest BCUT2D eigenvalue weighted by Crippen LogP contribution is 2.50. The molecule has 1 heteroatoms. The molecule has 0 aliphatic heterocycles. The predicted molar refractivity (Wildman–Crippen MR) is 219 cm³/mol. The van der Waals surface area contributed by atoms with Gasteiger partial charge in [0, 0.05) is 0 Å². The summed E-state index contributed by atoms with van der Waals surface area (Å²) in [6.45, 7) is 9.15. The first-order valence-electron chi connectivity index (χ1n) is 22.8. The lowest BCUT2D eigenvalue weighted by Gasteiger charge is -2.43. The van der Waals surface area contributed by atoms with E-state index in [0.717, 1.165) is 35.5 Å². The standard InChI is InChI=1S/C50H78O/c1-5-7-9-11-39-17-25-41(26-18-39)43-29-33-47(34-30-43)49(45-21-13-37(3)14-22-45)51-50(46-23-15-38(4)16-24-46)48-35-31-44(32-36-48)42-27-19-40(20-28-42)12-10-8-6-2/h13-16,21-24,39-44,47-50H,5-12,17-20,25-36H2,1-4H3. The van der Waals surface area contributed by atoms with Crippen molar-refractivity contribution in [3.8, 4) is 0 Å². The molecule has 4 aliphatic carbocycles. The van der Waals surface area contributed by atoms with Crippen molar-refractivity contribution in [1.29, 1.82) is 0 Å². The Morgan fingerprint density at radius 2 is 0.745 bits per heavy atom. The van der Waals surface area contributed by atoms with Crippen LogP contribution in [-0.2, 0) is 4.74 Å². The largest absolute Gasteiger partial charge is 0.365 e. The first-order chi connectivity index (χ1) is 25.0. The van der Waals surface area contributed by atoms with Crippen LogP contribution in [-0.4, -0.2) is 0 Å². The van der Waals surface area contributed by atoms with Gasteiger partial charge in [0.05, 0.1) is 12.2 Å². The van der Waals surface area contributed by atoms with Crippen molar-refractivity contribution < 1.29 is 4.74 Å². The van der Waals surface area contributed by atoms with Crippen LogP contribution in [0.2, 0.25) is 0 Å². The highest BCUT2D eigenvalue weighted by Gasteiger charge is 2.39. The van der Waals surface area contributed by atoms with E-state index in [1.54, 1.807) is 0 Å². The van der Waals surface area contributed by atoms with E-state index in [1.807, 2.05) is 0 Å². The zero-order valence-electron chi connectivity index (χ0n) is 33.8. The zero-order chi connectivity index (χ0) is 35.4. The second-order valence-corrected chi connectivity index (χ2v) is 18.7. The maximum Gasteiger partial charge on any atom is 0.0861 e. The highest BCUT2D eigenvalue weighted by atomic mass is 16.5. The summed E-state index contributed by atoms with van der Waals surface area (Å²) in [4.78, 5) is 0. The maximum absolute atomic E-state index is 7.66. The molecule has 4 aliphatic rings. The van der Waals surface area contributed by atoms with Gasteiger partial charge in [-0.15, -0.1) is 0 Å². The quantitative estimate of drug-likeness (QED) is 0.159. The van der Waals surface area contributed by atoms with E-state index < -0.39 is 0 Å². The highest BCUT2D eigenvalue weighted by molar-refractivity contribution is 5.26. The Morgan fingerprint density at radius 1 is 0.431 bits per heavy atom. The van der Waals surface area contributed by atoms with E-state index in [1.165, 1.54) is 176 Å². The fourth-order valence-electron chi connectivity index (χ4n) is 11.7. The molecule has 0 aromatic heterocycles. The summed E-state index contributed by atoms with van der Waals surface area (Å²) < 4.78 is 7.66. The summed E-state index contributed by atoms with van der Waals surface area (Å²) in [5, 5.41) is 0. The number of benzene rings is 2. The van der Waals surface area contributed by atoms with Crippen LogP contribution in [0.5, 0.6) is 0 Å². The van der Waals surface area contributed by atoms with Crippen molar-refractivity contribution >= 4 is 0 Å². The SMILES string of the molecule is CCCCCC1CCC(C2CCC(C(OC(c3ccc(C)cc3)C3CCC(C4CCC(CCCCC)CC4)CC3)c3ccc(C)cc3)CC2)CC1. The van der Waals surface area contributed by atoms with Crippen LogP contribution >= 0.6 is 0 Å².